The van der Waals surface area contributed by atoms with Gasteiger partial charge in [0.2, 0.25) is 0 Å². The van der Waals surface area contributed by atoms with E-state index in [9.17, 15) is 4.79 Å². The van der Waals surface area contributed by atoms with Crippen LogP contribution >= 0.6 is 0 Å². The summed E-state index contributed by atoms with van der Waals surface area (Å²) in [4.78, 5) is 19.7. The van der Waals surface area contributed by atoms with Crippen LogP contribution in [0.4, 0.5) is 0 Å². The number of nitrogens with one attached hydrogen (secondary N) is 1. The lowest BCUT2D eigenvalue weighted by molar-refractivity contribution is -0.154. The first-order valence-corrected chi connectivity index (χ1v) is 9.67. The molecule has 8 nitrogen and oxygen atoms in total. The molecule has 1 aliphatic heterocycles. The van der Waals surface area contributed by atoms with Crippen molar-refractivity contribution in [3.05, 3.63) is 24.3 Å². The van der Waals surface area contributed by atoms with Gasteiger partial charge in [-0.1, -0.05) is 13.3 Å². The Morgan fingerprint density at radius 2 is 2.26 bits per heavy atom. The number of H-pyrrole nitrogens is 1. The number of carbonyl (C=O) groups is 1. The van der Waals surface area contributed by atoms with Gasteiger partial charge < -0.3 is 14.5 Å². The van der Waals surface area contributed by atoms with Gasteiger partial charge in [0.15, 0.2) is 11.3 Å². The quantitative estimate of drug-likeness (QED) is 0.694. The van der Waals surface area contributed by atoms with Gasteiger partial charge >= 0.3 is 5.97 Å². The highest BCUT2D eigenvalue weighted by atomic mass is 16.5. The van der Waals surface area contributed by atoms with Gasteiger partial charge in [-0.05, 0) is 24.8 Å². The van der Waals surface area contributed by atoms with E-state index in [4.69, 9.17) is 9.47 Å². The molecule has 0 radical (unpaired) electrons. The Morgan fingerprint density at radius 3 is 3.04 bits per heavy atom. The number of aromatic nitrogens is 5. The molecular weight excluding hydrogens is 346 g/mol. The van der Waals surface area contributed by atoms with Gasteiger partial charge in [-0.15, -0.1) is 10.2 Å². The van der Waals surface area contributed by atoms with Crippen LogP contribution < -0.4 is 0 Å². The molecule has 2 aliphatic rings. The normalized spacial score (nSPS) is 25.9. The van der Waals surface area contributed by atoms with Crippen LogP contribution in [0, 0.1) is 11.8 Å². The largest absolute Gasteiger partial charge is 0.462 e. The zero-order chi connectivity index (χ0) is 18.4. The molecule has 3 aromatic heterocycles. The van der Waals surface area contributed by atoms with E-state index in [1.54, 1.807) is 6.20 Å². The van der Waals surface area contributed by atoms with Crippen LogP contribution in [0.3, 0.4) is 0 Å². The minimum atomic E-state index is -0.105. The number of hydrogen-bond donors (Lipinski definition) is 1. The summed E-state index contributed by atoms with van der Waals surface area (Å²) in [5.41, 5.74) is 2.55. The zero-order valence-electron chi connectivity index (χ0n) is 15.3. The SMILES string of the molecule is CC[C@@H]1C[C@@H](OC(=O)CC2COC2)C[C@@H]1c1nnc2cnc3[nH]ccc3n12. The minimum Gasteiger partial charge on any atom is -0.462 e. The summed E-state index contributed by atoms with van der Waals surface area (Å²) in [6.45, 7) is 3.53. The molecule has 0 spiro atoms. The summed E-state index contributed by atoms with van der Waals surface area (Å²) in [6.07, 6.45) is 6.72. The van der Waals surface area contributed by atoms with E-state index in [1.807, 2.05) is 12.3 Å². The molecule has 1 saturated carbocycles. The highest BCUT2D eigenvalue weighted by Crippen LogP contribution is 2.42. The third-order valence-corrected chi connectivity index (χ3v) is 5.94. The number of rotatable bonds is 5. The van der Waals surface area contributed by atoms with E-state index < -0.39 is 0 Å². The standard InChI is InChI=1S/C19H23N5O3/c1-2-12-6-13(27-17(25)5-11-9-26-10-11)7-14(12)19-23-22-16-8-21-18-15(24(16)19)3-4-20-18/h3-4,8,11-14,20H,2,5-7,9-10H2,1H3/t12-,13-,14+/m1/s1. The van der Waals surface area contributed by atoms with Crippen molar-refractivity contribution in [1.29, 1.82) is 0 Å². The molecule has 1 N–H and O–H groups in total. The van der Waals surface area contributed by atoms with Crippen molar-refractivity contribution < 1.29 is 14.3 Å². The number of ether oxygens (including phenoxy) is 2. The highest BCUT2D eigenvalue weighted by molar-refractivity contribution is 5.74. The molecule has 0 amide bonds. The number of fused-ring (bicyclic) bond motifs is 3. The molecule has 4 heterocycles. The molecular formula is C19H23N5O3. The molecule has 3 atom stereocenters. The second kappa shape index (κ2) is 6.60. The summed E-state index contributed by atoms with van der Waals surface area (Å²) in [6, 6.07) is 2.00. The topological polar surface area (TPSA) is 94.4 Å². The molecule has 0 unspecified atom stereocenters. The zero-order valence-corrected chi connectivity index (χ0v) is 15.3. The first kappa shape index (κ1) is 16.7. The fourth-order valence-corrected chi connectivity index (χ4v) is 4.45. The smallest absolute Gasteiger partial charge is 0.306 e. The van der Waals surface area contributed by atoms with Crippen molar-refractivity contribution in [2.45, 2.75) is 44.6 Å². The average molecular weight is 369 g/mol. The fourth-order valence-electron chi connectivity index (χ4n) is 4.45. The minimum absolute atomic E-state index is 0.0515. The third-order valence-electron chi connectivity index (χ3n) is 5.94. The summed E-state index contributed by atoms with van der Waals surface area (Å²) in [5, 5.41) is 8.81. The number of esters is 1. The van der Waals surface area contributed by atoms with Crippen molar-refractivity contribution in [2.24, 2.45) is 11.8 Å². The lowest BCUT2D eigenvalue weighted by Crippen LogP contribution is -2.31. The maximum atomic E-state index is 12.2. The Morgan fingerprint density at radius 1 is 1.37 bits per heavy atom. The van der Waals surface area contributed by atoms with E-state index >= 15 is 0 Å². The van der Waals surface area contributed by atoms with Crippen LogP contribution in [-0.4, -0.2) is 49.9 Å². The lowest BCUT2D eigenvalue weighted by atomic mass is 9.93. The molecule has 142 valence electrons. The van der Waals surface area contributed by atoms with Gasteiger partial charge in [-0.2, -0.15) is 0 Å². The van der Waals surface area contributed by atoms with E-state index in [0.717, 1.165) is 41.9 Å². The molecule has 27 heavy (non-hydrogen) atoms. The van der Waals surface area contributed by atoms with E-state index in [1.165, 1.54) is 0 Å². The Balaban J connectivity index is 1.40. The maximum absolute atomic E-state index is 12.2. The predicted octanol–water partition coefficient (Wildman–Crippen LogP) is 2.46. The van der Waals surface area contributed by atoms with Crippen LogP contribution in [-0.2, 0) is 14.3 Å². The number of aromatic amines is 1. The first-order chi connectivity index (χ1) is 13.2. The first-order valence-electron chi connectivity index (χ1n) is 9.67. The highest BCUT2D eigenvalue weighted by Gasteiger charge is 2.39. The Bertz CT molecular complexity index is 976. The van der Waals surface area contributed by atoms with E-state index in [0.29, 0.717) is 31.5 Å². The monoisotopic (exact) mass is 369 g/mol. The van der Waals surface area contributed by atoms with E-state index in [2.05, 4.69) is 31.5 Å². The Kier molecular flexibility index (Phi) is 4.07. The van der Waals surface area contributed by atoms with Crippen LogP contribution in [0.2, 0.25) is 0 Å². The van der Waals surface area contributed by atoms with Crippen LogP contribution in [0.5, 0.6) is 0 Å². The molecule has 0 aromatic carbocycles. The van der Waals surface area contributed by atoms with Crippen LogP contribution in [0.25, 0.3) is 16.8 Å². The molecule has 3 aromatic rings. The average Bonchev–Trinajstić information content (AvgIpc) is 3.34. The van der Waals surface area contributed by atoms with Crippen LogP contribution in [0.15, 0.2) is 18.5 Å². The van der Waals surface area contributed by atoms with Crippen molar-refractivity contribution in [1.82, 2.24) is 24.6 Å². The summed E-state index contributed by atoms with van der Waals surface area (Å²) < 4.78 is 13.0. The summed E-state index contributed by atoms with van der Waals surface area (Å²) in [5.74, 6) is 1.80. The van der Waals surface area contributed by atoms with Gasteiger partial charge in [0, 0.05) is 18.0 Å². The second-order valence-corrected chi connectivity index (χ2v) is 7.69. The van der Waals surface area contributed by atoms with Crippen molar-refractivity contribution in [3.63, 3.8) is 0 Å². The fraction of sp³-hybridized carbons (Fsp3) is 0.579. The molecule has 5 rings (SSSR count). The van der Waals surface area contributed by atoms with Crippen molar-refractivity contribution in [2.75, 3.05) is 13.2 Å². The predicted molar refractivity (Wildman–Crippen MR) is 97.2 cm³/mol. The molecule has 1 saturated heterocycles. The van der Waals surface area contributed by atoms with Gasteiger partial charge in [-0.25, -0.2) is 4.98 Å². The van der Waals surface area contributed by atoms with Gasteiger partial charge in [0.25, 0.3) is 0 Å². The van der Waals surface area contributed by atoms with Gasteiger partial charge in [0.05, 0.1) is 31.3 Å². The van der Waals surface area contributed by atoms with Crippen molar-refractivity contribution in [3.8, 4) is 0 Å². The third kappa shape index (κ3) is 2.88. The van der Waals surface area contributed by atoms with Gasteiger partial charge in [-0.3, -0.25) is 9.20 Å². The summed E-state index contributed by atoms with van der Waals surface area (Å²) >= 11 is 0. The lowest BCUT2D eigenvalue weighted by Gasteiger charge is -2.25. The maximum Gasteiger partial charge on any atom is 0.306 e. The Labute approximate surface area is 156 Å². The summed E-state index contributed by atoms with van der Waals surface area (Å²) in [7, 11) is 0. The van der Waals surface area contributed by atoms with Crippen LogP contribution in [0.1, 0.15) is 44.3 Å². The molecule has 1 aliphatic carbocycles. The molecule has 0 bridgehead atoms. The number of carbonyl (C=O) groups excluding carboxylic acids is 1. The van der Waals surface area contributed by atoms with Gasteiger partial charge in [0.1, 0.15) is 11.9 Å². The molecule has 8 heteroatoms. The van der Waals surface area contributed by atoms with Crippen molar-refractivity contribution >= 4 is 22.8 Å². The Hall–Kier alpha value is -2.48. The van der Waals surface area contributed by atoms with E-state index in [-0.39, 0.29) is 18.0 Å². The molecule has 2 fully saturated rings. The number of hydrogen-bond acceptors (Lipinski definition) is 6. The second-order valence-electron chi connectivity index (χ2n) is 7.69. The number of nitrogens with zero attached hydrogens (tertiary/aromatic N) is 4.